The summed E-state index contributed by atoms with van der Waals surface area (Å²) in [6.07, 6.45) is 0.372. The quantitative estimate of drug-likeness (QED) is 0.675. The van der Waals surface area contributed by atoms with Crippen LogP contribution in [0.1, 0.15) is 54.4 Å². The van der Waals surface area contributed by atoms with Crippen LogP contribution < -0.4 is 5.32 Å². The van der Waals surface area contributed by atoms with Gasteiger partial charge in [0.05, 0.1) is 13.2 Å². The van der Waals surface area contributed by atoms with Crippen LogP contribution in [0.3, 0.4) is 0 Å². The van der Waals surface area contributed by atoms with Crippen molar-refractivity contribution in [2.75, 3.05) is 13.7 Å². The monoisotopic (exact) mass is 388 g/mol. The molecule has 0 bridgehead atoms. The molecular weight excluding hydrogens is 356 g/mol. The van der Waals surface area contributed by atoms with E-state index in [1.807, 2.05) is 27.7 Å². The zero-order valence-electron chi connectivity index (χ0n) is 16.8. The van der Waals surface area contributed by atoms with E-state index >= 15 is 0 Å². The van der Waals surface area contributed by atoms with Gasteiger partial charge < -0.3 is 19.7 Å². The molecule has 1 unspecified atom stereocenters. The molecule has 1 N–H and O–H groups in total. The maximum Gasteiger partial charge on any atom is 0.408 e. The van der Waals surface area contributed by atoms with Gasteiger partial charge in [0.15, 0.2) is 0 Å². The lowest BCUT2D eigenvalue weighted by Crippen LogP contribution is -2.59. The Balaban J connectivity index is 3.07. The van der Waals surface area contributed by atoms with E-state index in [-0.39, 0.29) is 17.3 Å². The average molecular weight is 389 g/mol. The van der Waals surface area contributed by atoms with Crippen LogP contribution in [-0.2, 0) is 19.1 Å². The van der Waals surface area contributed by atoms with Gasteiger partial charge in [0, 0.05) is 11.3 Å². The maximum atomic E-state index is 13.3. The number of rotatable bonds is 7. The van der Waals surface area contributed by atoms with Crippen molar-refractivity contribution in [3.8, 4) is 0 Å². The molecule has 0 aromatic heterocycles. The summed E-state index contributed by atoms with van der Waals surface area (Å²) in [6.45, 7) is 11.9. The Hall–Kier alpha value is -1.44. The van der Waals surface area contributed by atoms with Crippen molar-refractivity contribution < 1.29 is 23.9 Å². The molecule has 8 heteroatoms. The van der Waals surface area contributed by atoms with Gasteiger partial charge in [0.1, 0.15) is 12.1 Å². The second-order valence-electron chi connectivity index (χ2n) is 7.51. The molecular formula is C18H32N2O5S. The summed E-state index contributed by atoms with van der Waals surface area (Å²) in [5, 5.41) is 2.99. The van der Waals surface area contributed by atoms with Crippen molar-refractivity contribution in [1.29, 1.82) is 0 Å². The number of thioether (sulfide) groups is 1. The number of amides is 2. The molecule has 1 heterocycles. The largest absolute Gasteiger partial charge is 0.467 e. The molecule has 1 aliphatic heterocycles. The van der Waals surface area contributed by atoms with E-state index in [0.717, 1.165) is 6.42 Å². The fraction of sp³-hybridized carbons (Fsp3) is 0.833. The molecule has 1 aliphatic rings. The number of carbonyl (C=O) groups excluding carboxylic acids is 3. The first kappa shape index (κ1) is 22.6. The topological polar surface area (TPSA) is 84.9 Å². The lowest BCUT2D eigenvalue weighted by Gasteiger charge is -2.37. The zero-order valence-corrected chi connectivity index (χ0v) is 17.6. The van der Waals surface area contributed by atoms with Crippen LogP contribution in [0.5, 0.6) is 0 Å². The highest BCUT2D eigenvalue weighted by molar-refractivity contribution is 8.01. The lowest BCUT2D eigenvalue weighted by molar-refractivity contribution is -0.151. The van der Waals surface area contributed by atoms with E-state index in [9.17, 15) is 14.4 Å². The fourth-order valence-corrected chi connectivity index (χ4v) is 4.66. The van der Waals surface area contributed by atoms with E-state index in [2.05, 4.69) is 5.32 Å². The molecule has 7 nitrogen and oxygen atoms in total. The van der Waals surface area contributed by atoms with Gasteiger partial charge in [0.25, 0.3) is 0 Å². The van der Waals surface area contributed by atoms with Crippen LogP contribution in [-0.4, -0.2) is 64.7 Å². The average Bonchev–Trinajstić information content (AvgIpc) is 2.98. The van der Waals surface area contributed by atoms with Crippen LogP contribution in [0.15, 0.2) is 0 Å². The summed E-state index contributed by atoms with van der Waals surface area (Å²) in [7, 11) is 1.32. The van der Waals surface area contributed by atoms with Crippen LogP contribution >= 0.6 is 11.8 Å². The van der Waals surface area contributed by atoms with Crippen molar-refractivity contribution in [3.05, 3.63) is 0 Å². The minimum Gasteiger partial charge on any atom is -0.467 e. The van der Waals surface area contributed by atoms with Gasteiger partial charge >= 0.3 is 12.1 Å². The van der Waals surface area contributed by atoms with Crippen LogP contribution in [0, 0.1) is 0 Å². The van der Waals surface area contributed by atoms with Gasteiger partial charge in [-0.05, 0) is 45.8 Å². The Morgan fingerprint density at radius 2 is 1.81 bits per heavy atom. The summed E-state index contributed by atoms with van der Waals surface area (Å²) in [4.78, 5) is 39.0. The van der Waals surface area contributed by atoms with Crippen molar-refractivity contribution >= 4 is 29.7 Å². The molecule has 150 valence electrons. The van der Waals surface area contributed by atoms with E-state index in [4.69, 9.17) is 9.47 Å². The fourth-order valence-electron chi connectivity index (χ4n) is 3.15. The van der Waals surface area contributed by atoms with E-state index in [0.29, 0.717) is 13.0 Å². The van der Waals surface area contributed by atoms with Crippen LogP contribution in [0.2, 0.25) is 0 Å². The first-order valence-electron chi connectivity index (χ1n) is 9.02. The van der Waals surface area contributed by atoms with Gasteiger partial charge in [0.2, 0.25) is 5.91 Å². The Kier molecular flexibility index (Phi) is 8.24. The van der Waals surface area contributed by atoms with Crippen molar-refractivity contribution in [3.63, 3.8) is 0 Å². The number of carbonyl (C=O) groups is 3. The third-order valence-electron chi connectivity index (χ3n) is 4.10. The highest BCUT2D eigenvalue weighted by Crippen LogP contribution is 2.34. The minimum atomic E-state index is -0.814. The number of nitrogens with zero attached hydrogens (tertiary/aromatic N) is 1. The summed E-state index contributed by atoms with van der Waals surface area (Å²) in [5.74, 6) is -0.703. The van der Waals surface area contributed by atoms with Crippen LogP contribution in [0.4, 0.5) is 4.79 Å². The maximum absolute atomic E-state index is 13.3. The smallest absolute Gasteiger partial charge is 0.408 e. The molecule has 1 saturated heterocycles. The van der Waals surface area contributed by atoms with Gasteiger partial charge in [-0.15, -0.1) is 0 Å². The van der Waals surface area contributed by atoms with Crippen LogP contribution in [0.25, 0.3) is 0 Å². The molecule has 2 amide bonds. The summed E-state index contributed by atoms with van der Waals surface area (Å²) in [5.41, 5.74) is 0. The third-order valence-corrected chi connectivity index (χ3v) is 5.41. The summed E-state index contributed by atoms with van der Waals surface area (Å²) >= 11 is 1.59. The standard InChI is InChI=1S/C18H32N2O5S/c1-11(2)25-17(23)19-14(18(5,6)26-12(3)4)15(21)20-10-8-9-13(20)16(22)24-7/h11-14H,8-10H2,1-7H3,(H,19,23)/t13-,14?/m0/s1. The highest BCUT2D eigenvalue weighted by Gasteiger charge is 2.44. The summed E-state index contributed by atoms with van der Waals surface area (Å²) in [6, 6.07) is -1.41. The number of ether oxygens (including phenoxy) is 2. The van der Waals surface area contributed by atoms with E-state index in [1.165, 1.54) is 12.0 Å². The molecule has 0 aliphatic carbocycles. The Morgan fingerprint density at radius 1 is 1.19 bits per heavy atom. The number of hydrogen-bond donors (Lipinski definition) is 1. The number of esters is 1. The predicted molar refractivity (Wildman–Crippen MR) is 102 cm³/mol. The van der Waals surface area contributed by atoms with Gasteiger partial charge in [-0.1, -0.05) is 13.8 Å². The van der Waals surface area contributed by atoms with Crippen molar-refractivity contribution in [2.24, 2.45) is 0 Å². The Labute approximate surface area is 160 Å². The van der Waals surface area contributed by atoms with Crippen molar-refractivity contribution in [2.45, 2.75) is 82.6 Å². The number of hydrogen-bond acceptors (Lipinski definition) is 6. The molecule has 2 atom stereocenters. The van der Waals surface area contributed by atoms with Crippen molar-refractivity contribution in [1.82, 2.24) is 10.2 Å². The Morgan fingerprint density at radius 3 is 2.31 bits per heavy atom. The third kappa shape index (κ3) is 6.07. The number of methoxy groups -OCH3 is 1. The zero-order chi connectivity index (χ0) is 20.1. The molecule has 26 heavy (non-hydrogen) atoms. The SMILES string of the molecule is COC(=O)[C@@H]1CCCN1C(=O)C(NC(=O)OC(C)C)C(C)(C)SC(C)C. The predicted octanol–water partition coefficient (Wildman–Crippen LogP) is 2.57. The molecule has 0 radical (unpaired) electrons. The number of likely N-dealkylation sites (tertiary alicyclic amines) is 1. The first-order valence-corrected chi connectivity index (χ1v) is 9.90. The van der Waals surface area contributed by atoms with E-state index in [1.54, 1.807) is 25.6 Å². The number of alkyl carbamates (subject to hydrolysis) is 1. The first-order chi connectivity index (χ1) is 12.0. The Bertz CT molecular complexity index is 522. The molecule has 0 aromatic rings. The minimum absolute atomic E-state index is 0.262. The van der Waals surface area contributed by atoms with Gasteiger partial charge in [-0.25, -0.2) is 9.59 Å². The highest BCUT2D eigenvalue weighted by atomic mass is 32.2. The van der Waals surface area contributed by atoms with Gasteiger partial charge in [-0.3, -0.25) is 4.79 Å². The van der Waals surface area contributed by atoms with E-state index < -0.39 is 28.9 Å². The molecule has 0 saturated carbocycles. The normalized spacial score (nSPS) is 18.8. The second kappa shape index (κ2) is 9.48. The summed E-state index contributed by atoms with van der Waals surface area (Å²) < 4.78 is 9.42. The number of nitrogens with one attached hydrogen (secondary N) is 1. The molecule has 1 fully saturated rings. The molecule has 1 rings (SSSR count). The second-order valence-corrected chi connectivity index (χ2v) is 9.74. The lowest BCUT2D eigenvalue weighted by atomic mass is 10.0. The molecule has 0 aromatic carbocycles. The van der Waals surface area contributed by atoms with Gasteiger partial charge in [-0.2, -0.15) is 11.8 Å². The molecule has 0 spiro atoms.